The smallest absolute Gasteiger partial charge is 0.153 e. The summed E-state index contributed by atoms with van der Waals surface area (Å²) in [7, 11) is 0. The Morgan fingerprint density at radius 3 is 2.55 bits per heavy atom. The Kier molecular flexibility index (Phi) is 4.08. The Balaban J connectivity index is 1.75. The second-order valence-electron chi connectivity index (χ2n) is 9.24. The number of aromatic nitrogens is 1. The van der Waals surface area contributed by atoms with E-state index in [9.17, 15) is 0 Å². The molecule has 2 aromatic carbocycles. The van der Waals surface area contributed by atoms with E-state index in [1.807, 2.05) is 6.20 Å². The Hall–Kier alpha value is -2.65. The lowest BCUT2D eigenvalue weighted by molar-refractivity contribution is 0.410. The van der Waals surface area contributed by atoms with E-state index < -0.39 is 0 Å². The molecule has 0 radical (unpaired) electrons. The lowest BCUT2D eigenvalue weighted by Gasteiger charge is -2.20. The maximum absolute atomic E-state index is 6.51. The number of aryl methyl sites for hydroxylation is 2. The highest BCUT2D eigenvalue weighted by atomic mass is 32.1. The standard InChI is InChI=1S/C26H25NOS/c1-15-14-27-22(12-18(15)13-26(3,4)5)21-8-6-7-19-20-10-9-17-11-16(2)29-25(17)24(20)28-23(19)21/h6-12,14H,13H2,1-5H3. The van der Waals surface area contributed by atoms with Crippen molar-refractivity contribution < 1.29 is 4.42 Å². The van der Waals surface area contributed by atoms with Crippen LogP contribution >= 0.6 is 11.3 Å². The van der Waals surface area contributed by atoms with Crippen molar-refractivity contribution in [2.75, 3.05) is 0 Å². The van der Waals surface area contributed by atoms with Gasteiger partial charge >= 0.3 is 0 Å². The molecule has 146 valence electrons. The van der Waals surface area contributed by atoms with Crippen LogP contribution in [-0.4, -0.2) is 4.98 Å². The van der Waals surface area contributed by atoms with Gasteiger partial charge in [0.25, 0.3) is 0 Å². The molecule has 0 unspecified atom stereocenters. The number of nitrogens with zero attached hydrogens (tertiary/aromatic N) is 1. The first-order valence-corrected chi connectivity index (χ1v) is 10.9. The molecule has 0 N–H and O–H groups in total. The molecule has 0 aliphatic rings. The van der Waals surface area contributed by atoms with Crippen molar-refractivity contribution in [2.24, 2.45) is 5.41 Å². The van der Waals surface area contributed by atoms with E-state index in [1.165, 1.54) is 31.5 Å². The molecule has 2 nitrogen and oxygen atoms in total. The van der Waals surface area contributed by atoms with Crippen molar-refractivity contribution in [3.05, 3.63) is 64.7 Å². The van der Waals surface area contributed by atoms with Gasteiger partial charge in [0.15, 0.2) is 5.58 Å². The predicted molar refractivity (Wildman–Crippen MR) is 125 cm³/mol. The highest BCUT2D eigenvalue weighted by Crippen LogP contribution is 2.41. The average Bonchev–Trinajstić information content (AvgIpc) is 3.21. The predicted octanol–water partition coefficient (Wildman–Crippen LogP) is 8.07. The van der Waals surface area contributed by atoms with Crippen molar-refractivity contribution in [1.82, 2.24) is 4.98 Å². The molecule has 3 aromatic heterocycles. The maximum atomic E-state index is 6.51. The van der Waals surface area contributed by atoms with E-state index in [2.05, 4.69) is 77.1 Å². The van der Waals surface area contributed by atoms with E-state index in [4.69, 9.17) is 9.40 Å². The summed E-state index contributed by atoms with van der Waals surface area (Å²) in [4.78, 5) is 6.07. The van der Waals surface area contributed by atoms with Gasteiger partial charge in [-0.05, 0) is 66.5 Å². The van der Waals surface area contributed by atoms with Crippen molar-refractivity contribution in [2.45, 2.75) is 41.0 Å². The van der Waals surface area contributed by atoms with Gasteiger partial charge in [0.1, 0.15) is 5.58 Å². The van der Waals surface area contributed by atoms with Crippen LogP contribution in [0.1, 0.15) is 36.8 Å². The molecular weight excluding hydrogens is 374 g/mol. The molecule has 0 saturated heterocycles. The number of benzene rings is 2. The third-order valence-corrected chi connectivity index (χ3v) is 6.55. The van der Waals surface area contributed by atoms with E-state index in [1.54, 1.807) is 11.3 Å². The molecule has 0 saturated carbocycles. The number of fused-ring (bicyclic) bond motifs is 5. The largest absolute Gasteiger partial charge is 0.454 e. The van der Waals surface area contributed by atoms with E-state index in [-0.39, 0.29) is 5.41 Å². The summed E-state index contributed by atoms with van der Waals surface area (Å²) in [6.45, 7) is 11.1. The fourth-order valence-electron chi connectivity index (χ4n) is 4.16. The van der Waals surface area contributed by atoms with Crippen LogP contribution in [0.2, 0.25) is 0 Å². The Bertz CT molecular complexity index is 1380. The minimum atomic E-state index is 0.234. The molecule has 5 aromatic rings. The third kappa shape index (κ3) is 3.14. The number of thiophene rings is 1. The topological polar surface area (TPSA) is 26.0 Å². The average molecular weight is 400 g/mol. The van der Waals surface area contributed by atoms with Crippen molar-refractivity contribution in [3.63, 3.8) is 0 Å². The van der Waals surface area contributed by atoms with E-state index in [0.717, 1.165) is 34.2 Å². The summed E-state index contributed by atoms with van der Waals surface area (Å²) < 4.78 is 7.74. The molecule has 5 rings (SSSR count). The number of para-hydroxylation sites is 1. The van der Waals surface area contributed by atoms with Crippen LogP contribution in [0.4, 0.5) is 0 Å². The van der Waals surface area contributed by atoms with Crippen LogP contribution in [0.25, 0.3) is 43.3 Å². The highest BCUT2D eigenvalue weighted by molar-refractivity contribution is 7.19. The first-order chi connectivity index (χ1) is 13.8. The van der Waals surface area contributed by atoms with Gasteiger partial charge in [0.2, 0.25) is 0 Å². The molecule has 3 heterocycles. The molecule has 29 heavy (non-hydrogen) atoms. The van der Waals surface area contributed by atoms with Crippen LogP contribution < -0.4 is 0 Å². The minimum absolute atomic E-state index is 0.234. The highest BCUT2D eigenvalue weighted by Gasteiger charge is 2.18. The Labute approximate surface area is 175 Å². The van der Waals surface area contributed by atoms with Gasteiger partial charge in [-0.2, -0.15) is 0 Å². The van der Waals surface area contributed by atoms with Crippen LogP contribution in [0.3, 0.4) is 0 Å². The van der Waals surface area contributed by atoms with Gasteiger partial charge in [-0.1, -0.05) is 39.0 Å². The number of rotatable bonds is 2. The number of hydrogen-bond acceptors (Lipinski definition) is 3. The van der Waals surface area contributed by atoms with Crippen LogP contribution in [-0.2, 0) is 6.42 Å². The minimum Gasteiger partial charge on any atom is -0.454 e. The molecule has 0 atom stereocenters. The third-order valence-electron chi connectivity index (χ3n) is 5.49. The lowest BCUT2D eigenvalue weighted by Crippen LogP contribution is -2.10. The molecule has 0 spiro atoms. The summed E-state index contributed by atoms with van der Waals surface area (Å²) >= 11 is 1.80. The normalized spacial score (nSPS) is 12.4. The second kappa shape index (κ2) is 6.43. The molecule has 3 heteroatoms. The summed E-state index contributed by atoms with van der Waals surface area (Å²) in [5.74, 6) is 0. The van der Waals surface area contributed by atoms with Crippen LogP contribution in [0, 0.1) is 19.3 Å². The number of furan rings is 1. The molecule has 0 aliphatic heterocycles. The summed E-state index contributed by atoms with van der Waals surface area (Å²) in [5, 5.41) is 3.59. The zero-order valence-corrected chi connectivity index (χ0v) is 18.4. The lowest BCUT2D eigenvalue weighted by atomic mass is 9.86. The molecule has 0 aliphatic carbocycles. The van der Waals surface area contributed by atoms with Gasteiger partial charge in [-0.3, -0.25) is 4.98 Å². The van der Waals surface area contributed by atoms with Gasteiger partial charge < -0.3 is 4.42 Å². The second-order valence-corrected chi connectivity index (χ2v) is 10.5. The molecule has 0 bridgehead atoms. The fraction of sp³-hybridized carbons (Fsp3) is 0.269. The summed E-state index contributed by atoms with van der Waals surface area (Å²) in [5.41, 5.74) is 6.80. The van der Waals surface area contributed by atoms with Crippen molar-refractivity contribution in [3.8, 4) is 11.3 Å². The van der Waals surface area contributed by atoms with Gasteiger partial charge in [-0.25, -0.2) is 0 Å². The van der Waals surface area contributed by atoms with Crippen molar-refractivity contribution >= 4 is 43.4 Å². The van der Waals surface area contributed by atoms with Crippen LogP contribution in [0.5, 0.6) is 0 Å². The SMILES string of the molecule is Cc1cc2ccc3c4cccc(-c5cc(CC(C)(C)C)c(C)cn5)c4oc3c2s1. The Morgan fingerprint density at radius 1 is 0.966 bits per heavy atom. The maximum Gasteiger partial charge on any atom is 0.153 e. The summed E-state index contributed by atoms with van der Waals surface area (Å²) in [6.07, 6.45) is 3.03. The zero-order chi connectivity index (χ0) is 20.3. The first kappa shape index (κ1) is 18.4. The van der Waals surface area contributed by atoms with Gasteiger partial charge in [0, 0.05) is 27.4 Å². The first-order valence-electron chi connectivity index (χ1n) is 10.1. The Morgan fingerprint density at radius 2 is 1.76 bits per heavy atom. The number of hydrogen-bond donors (Lipinski definition) is 0. The van der Waals surface area contributed by atoms with Gasteiger partial charge in [-0.15, -0.1) is 11.3 Å². The van der Waals surface area contributed by atoms with Gasteiger partial charge in [0.05, 0.1) is 10.4 Å². The number of pyridine rings is 1. The zero-order valence-electron chi connectivity index (χ0n) is 17.6. The van der Waals surface area contributed by atoms with E-state index >= 15 is 0 Å². The van der Waals surface area contributed by atoms with Crippen LogP contribution in [0.15, 0.2) is 53.1 Å². The molecular formula is C26H25NOS. The fourth-order valence-corrected chi connectivity index (χ4v) is 5.15. The monoisotopic (exact) mass is 399 g/mol. The molecule has 0 fully saturated rings. The van der Waals surface area contributed by atoms with Crippen molar-refractivity contribution in [1.29, 1.82) is 0 Å². The van der Waals surface area contributed by atoms with E-state index in [0.29, 0.717) is 0 Å². The quantitative estimate of drug-likeness (QED) is 0.300. The summed E-state index contributed by atoms with van der Waals surface area (Å²) in [6, 6.07) is 15.3. The molecule has 0 amide bonds.